The molecule has 2 amide bonds. The van der Waals surface area contributed by atoms with Gasteiger partial charge in [-0.2, -0.15) is 0 Å². The van der Waals surface area contributed by atoms with Gasteiger partial charge in [-0.25, -0.2) is 4.79 Å². The number of carbonyl (C=O) groups excluding carboxylic acids is 1. The van der Waals surface area contributed by atoms with Crippen LogP contribution in [0.2, 0.25) is 0 Å². The topological polar surface area (TPSA) is 44.4 Å². The van der Waals surface area contributed by atoms with Crippen molar-refractivity contribution < 1.29 is 4.79 Å². The molecule has 0 radical (unpaired) electrons. The fourth-order valence-electron chi connectivity index (χ4n) is 2.33. The van der Waals surface area contributed by atoms with Crippen molar-refractivity contribution in [2.75, 3.05) is 23.3 Å². The summed E-state index contributed by atoms with van der Waals surface area (Å²) < 4.78 is 0. The smallest absolute Gasteiger partial charge is 0.323 e. The Morgan fingerprint density at radius 2 is 1.90 bits per heavy atom. The van der Waals surface area contributed by atoms with Gasteiger partial charge in [0.05, 0.1) is 0 Å². The highest BCUT2D eigenvalue weighted by atomic mass is 16.2. The Hall–Kier alpha value is -1.97. The zero-order valence-electron chi connectivity index (χ0n) is 12.1. The van der Waals surface area contributed by atoms with E-state index in [4.69, 9.17) is 0 Å². The van der Waals surface area contributed by atoms with E-state index in [9.17, 15) is 4.79 Å². The monoisotopic (exact) mass is 273 g/mol. The van der Waals surface area contributed by atoms with Crippen LogP contribution in [0.5, 0.6) is 0 Å². The molecule has 0 saturated carbocycles. The molecule has 4 nitrogen and oxygen atoms in total. The van der Waals surface area contributed by atoms with Gasteiger partial charge in [0.1, 0.15) is 0 Å². The lowest BCUT2D eigenvalue weighted by atomic mass is 10.1. The van der Waals surface area contributed by atoms with Gasteiger partial charge < -0.3 is 15.5 Å². The Morgan fingerprint density at radius 1 is 1.20 bits per heavy atom. The summed E-state index contributed by atoms with van der Waals surface area (Å²) >= 11 is 0. The van der Waals surface area contributed by atoms with Crippen LogP contribution in [-0.4, -0.2) is 19.1 Å². The second kappa shape index (κ2) is 7.58. The molecule has 0 spiro atoms. The lowest BCUT2D eigenvalue weighted by Crippen LogP contribution is -2.29. The van der Waals surface area contributed by atoms with Crippen LogP contribution < -0.4 is 15.5 Å². The van der Waals surface area contributed by atoms with E-state index >= 15 is 0 Å². The molecule has 0 unspecified atom stereocenters. The minimum absolute atomic E-state index is 0.208. The second-order valence-electron chi connectivity index (χ2n) is 5.00. The van der Waals surface area contributed by atoms with Crippen LogP contribution in [0.3, 0.4) is 0 Å². The summed E-state index contributed by atoms with van der Waals surface area (Å²) in [5.74, 6) is 0. The standard InChI is InChI=1S/C16H23N3O/c1-2-3-11-17-16(20)18-14-7-9-15(10-8-14)19-12-5-4-6-13-19/h3,7-11H,2,4-6,12-13H2,1H3,(H2,17,18,20)/b11-3+. The number of hydrogen-bond acceptors (Lipinski definition) is 2. The van der Waals surface area contributed by atoms with Gasteiger partial charge in [-0.05, 0) is 49.9 Å². The molecule has 4 heteroatoms. The molecule has 1 aliphatic heterocycles. The summed E-state index contributed by atoms with van der Waals surface area (Å²) in [6.07, 6.45) is 8.35. The summed E-state index contributed by atoms with van der Waals surface area (Å²) in [7, 11) is 0. The van der Waals surface area contributed by atoms with E-state index in [0.717, 1.165) is 25.2 Å². The first-order chi connectivity index (χ1) is 9.79. The highest BCUT2D eigenvalue weighted by molar-refractivity contribution is 5.90. The highest BCUT2D eigenvalue weighted by Crippen LogP contribution is 2.21. The molecule has 1 aromatic rings. The largest absolute Gasteiger partial charge is 0.372 e. The van der Waals surface area contributed by atoms with E-state index in [-0.39, 0.29) is 6.03 Å². The van der Waals surface area contributed by atoms with Crippen molar-refractivity contribution in [1.29, 1.82) is 0 Å². The van der Waals surface area contributed by atoms with Gasteiger partial charge in [-0.1, -0.05) is 13.0 Å². The quantitative estimate of drug-likeness (QED) is 0.878. The first-order valence-corrected chi connectivity index (χ1v) is 7.37. The third-order valence-corrected chi connectivity index (χ3v) is 3.41. The summed E-state index contributed by atoms with van der Waals surface area (Å²) in [6.45, 7) is 4.29. The molecule has 1 aliphatic rings. The van der Waals surface area contributed by atoms with Gasteiger partial charge in [-0.15, -0.1) is 0 Å². The maximum absolute atomic E-state index is 11.6. The lowest BCUT2D eigenvalue weighted by molar-refractivity contribution is 0.255. The maximum atomic E-state index is 11.6. The van der Waals surface area contributed by atoms with Crippen molar-refractivity contribution in [3.05, 3.63) is 36.5 Å². The molecule has 1 aromatic carbocycles. The van der Waals surface area contributed by atoms with Gasteiger partial charge in [0.25, 0.3) is 0 Å². The fraction of sp³-hybridized carbons (Fsp3) is 0.438. The fourth-order valence-corrected chi connectivity index (χ4v) is 2.33. The lowest BCUT2D eigenvalue weighted by Gasteiger charge is -2.28. The van der Waals surface area contributed by atoms with E-state index in [1.807, 2.05) is 25.1 Å². The van der Waals surface area contributed by atoms with Crippen molar-refractivity contribution in [1.82, 2.24) is 5.32 Å². The molecule has 1 saturated heterocycles. The number of allylic oxidation sites excluding steroid dienone is 1. The summed E-state index contributed by atoms with van der Waals surface area (Å²) in [5, 5.41) is 5.48. The molecule has 1 heterocycles. The molecule has 0 bridgehead atoms. The average molecular weight is 273 g/mol. The minimum Gasteiger partial charge on any atom is -0.372 e. The normalized spacial score (nSPS) is 15.3. The van der Waals surface area contributed by atoms with Gasteiger partial charge in [-0.3, -0.25) is 0 Å². The number of nitrogens with zero attached hydrogens (tertiary/aromatic N) is 1. The number of nitrogens with one attached hydrogen (secondary N) is 2. The molecule has 0 aliphatic carbocycles. The van der Waals surface area contributed by atoms with Crippen molar-refractivity contribution in [2.24, 2.45) is 0 Å². The van der Waals surface area contributed by atoms with Crippen LogP contribution in [0.15, 0.2) is 36.5 Å². The van der Waals surface area contributed by atoms with Gasteiger partial charge >= 0.3 is 6.03 Å². The minimum atomic E-state index is -0.208. The van der Waals surface area contributed by atoms with Crippen molar-refractivity contribution in [3.63, 3.8) is 0 Å². The van der Waals surface area contributed by atoms with E-state index in [0.29, 0.717) is 0 Å². The Balaban J connectivity index is 1.87. The molecular formula is C16H23N3O. The molecule has 2 N–H and O–H groups in total. The van der Waals surface area contributed by atoms with Crippen LogP contribution >= 0.6 is 0 Å². The molecule has 20 heavy (non-hydrogen) atoms. The van der Waals surface area contributed by atoms with E-state index in [1.54, 1.807) is 6.20 Å². The zero-order valence-corrected chi connectivity index (χ0v) is 12.1. The predicted molar refractivity (Wildman–Crippen MR) is 84.1 cm³/mol. The second-order valence-corrected chi connectivity index (χ2v) is 5.00. The Kier molecular flexibility index (Phi) is 5.47. The number of amides is 2. The summed E-state index contributed by atoms with van der Waals surface area (Å²) in [6, 6.07) is 7.84. The molecule has 0 atom stereocenters. The van der Waals surface area contributed by atoms with Crippen LogP contribution in [-0.2, 0) is 0 Å². The van der Waals surface area contributed by atoms with Crippen molar-refractivity contribution in [2.45, 2.75) is 32.6 Å². The van der Waals surface area contributed by atoms with Crippen molar-refractivity contribution in [3.8, 4) is 0 Å². The summed E-state index contributed by atoms with van der Waals surface area (Å²) in [4.78, 5) is 14.0. The molecule has 108 valence electrons. The number of piperidine rings is 1. The number of hydrogen-bond donors (Lipinski definition) is 2. The highest BCUT2D eigenvalue weighted by Gasteiger charge is 2.10. The molecule has 2 rings (SSSR count). The number of rotatable bonds is 4. The first kappa shape index (κ1) is 14.4. The Morgan fingerprint density at radius 3 is 2.55 bits per heavy atom. The number of urea groups is 1. The van der Waals surface area contributed by atoms with Crippen LogP contribution in [0.1, 0.15) is 32.6 Å². The zero-order chi connectivity index (χ0) is 14.2. The van der Waals surface area contributed by atoms with Gasteiger partial charge in [0.15, 0.2) is 0 Å². The SMILES string of the molecule is CC/C=C/NC(=O)Nc1ccc(N2CCCCC2)cc1. The molecule has 0 aromatic heterocycles. The Bertz CT molecular complexity index is 447. The Labute approximate surface area is 120 Å². The number of anilines is 2. The van der Waals surface area contributed by atoms with Crippen LogP contribution in [0.25, 0.3) is 0 Å². The third kappa shape index (κ3) is 4.30. The van der Waals surface area contributed by atoms with E-state index in [2.05, 4.69) is 27.7 Å². The summed E-state index contributed by atoms with van der Waals surface area (Å²) in [5.41, 5.74) is 2.05. The first-order valence-electron chi connectivity index (χ1n) is 7.37. The van der Waals surface area contributed by atoms with Crippen LogP contribution in [0.4, 0.5) is 16.2 Å². The molecular weight excluding hydrogens is 250 g/mol. The maximum Gasteiger partial charge on any atom is 0.323 e. The predicted octanol–water partition coefficient (Wildman–Crippen LogP) is 3.72. The van der Waals surface area contributed by atoms with E-state index < -0.39 is 0 Å². The van der Waals surface area contributed by atoms with Gasteiger partial charge in [0.2, 0.25) is 0 Å². The average Bonchev–Trinajstić information content (AvgIpc) is 2.49. The van der Waals surface area contributed by atoms with Gasteiger partial charge in [0, 0.05) is 30.7 Å². The van der Waals surface area contributed by atoms with E-state index in [1.165, 1.54) is 24.9 Å². The molecule has 1 fully saturated rings. The third-order valence-electron chi connectivity index (χ3n) is 3.41. The number of carbonyl (C=O) groups is 1. The van der Waals surface area contributed by atoms with Crippen molar-refractivity contribution >= 4 is 17.4 Å². The van der Waals surface area contributed by atoms with Crippen LogP contribution in [0, 0.1) is 0 Å². The number of benzene rings is 1.